The summed E-state index contributed by atoms with van der Waals surface area (Å²) in [4.78, 5) is 15.0. The Labute approximate surface area is 123 Å². The van der Waals surface area contributed by atoms with Crippen molar-refractivity contribution in [3.05, 3.63) is 54.0 Å². The number of aromatic nitrogens is 3. The molecule has 0 fully saturated rings. The number of benzene rings is 1. The van der Waals surface area contributed by atoms with Gasteiger partial charge in [0.1, 0.15) is 17.5 Å². The molecule has 1 aromatic carbocycles. The molecule has 0 aliphatic heterocycles. The van der Waals surface area contributed by atoms with Crippen molar-refractivity contribution in [1.82, 2.24) is 15.0 Å². The predicted octanol–water partition coefficient (Wildman–Crippen LogP) is 2.55. The van der Waals surface area contributed by atoms with Gasteiger partial charge in [-0.25, -0.2) is 9.97 Å². The molecule has 0 unspecified atom stereocenters. The first-order valence-corrected chi connectivity index (χ1v) is 6.78. The number of nitrogens with zero attached hydrogens (tertiary/aromatic N) is 4. The number of nitrogen functional groups attached to an aromatic ring is 1. The van der Waals surface area contributed by atoms with Crippen LogP contribution in [0.3, 0.4) is 0 Å². The predicted molar refractivity (Wildman–Crippen MR) is 85.0 cm³/mol. The molecule has 0 radical (unpaired) electrons. The maximum atomic E-state index is 5.77. The molecular formula is C16H17N5. The molecule has 2 heterocycles. The molecule has 0 amide bonds. The SMILES string of the molecule is Cc1nc(N)cc(N(C)Cc2cnc3ccccc3c2)n1. The highest BCUT2D eigenvalue weighted by molar-refractivity contribution is 5.78. The fraction of sp³-hybridized carbons (Fsp3) is 0.188. The number of pyridine rings is 1. The Hall–Kier alpha value is -2.69. The van der Waals surface area contributed by atoms with Crippen LogP contribution >= 0.6 is 0 Å². The molecule has 106 valence electrons. The van der Waals surface area contributed by atoms with E-state index in [-0.39, 0.29) is 0 Å². The summed E-state index contributed by atoms with van der Waals surface area (Å²) in [6, 6.07) is 12.0. The minimum Gasteiger partial charge on any atom is -0.384 e. The van der Waals surface area contributed by atoms with Gasteiger partial charge in [0.25, 0.3) is 0 Å². The summed E-state index contributed by atoms with van der Waals surface area (Å²) in [7, 11) is 1.98. The van der Waals surface area contributed by atoms with Crippen LogP contribution in [-0.4, -0.2) is 22.0 Å². The van der Waals surface area contributed by atoms with Crippen LogP contribution in [0, 0.1) is 6.92 Å². The van der Waals surface area contributed by atoms with Crippen molar-refractivity contribution in [3.8, 4) is 0 Å². The van der Waals surface area contributed by atoms with Crippen molar-refractivity contribution < 1.29 is 0 Å². The van der Waals surface area contributed by atoms with E-state index in [1.165, 1.54) is 0 Å². The number of nitrogens with two attached hydrogens (primary N) is 1. The van der Waals surface area contributed by atoms with E-state index < -0.39 is 0 Å². The van der Waals surface area contributed by atoms with Crippen LogP contribution in [-0.2, 0) is 6.54 Å². The lowest BCUT2D eigenvalue weighted by molar-refractivity contribution is 0.878. The van der Waals surface area contributed by atoms with Crippen LogP contribution in [0.15, 0.2) is 42.6 Å². The van der Waals surface area contributed by atoms with Gasteiger partial charge in [0.2, 0.25) is 0 Å². The second-order valence-corrected chi connectivity index (χ2v) is 5.09. The highest BCUT2D eigenvalue weighted by atomic mass is 15.2. The fourth-order valence-corrected chi connectivity index (χ4v) is 2.33. The minimum absolute atomic E-state index is 0.487. The fourth-order valence-electron chi connectivity index (χ4n) is 2.33. The first kappa shape index (κ1) is 13.3. The molecule has 5 nitrogen and oxygen atoms in total. The number of aryl methyl sites for hydroxylation is 1. The van der Waals surface area contributed by atoms with Crippen molar-refractivity contribution >= 4 is 22.5 Å². The molecular weight excluding hydrogens is 262 g/mol. The van der Waals surface area contributed by atoms with E-state index in [1.54, 1.807) is 6.07 Å². The molecule has 0 spiro atoms. The summed E-state index contributed by atoms with van der Waals surface area (Å²) in [5.41, 5.74) is 7.91. The van der Waals surface area contributed by atoms with Crippen molar-refractivity contribution in [1.29, 1.82) is 0 Å². The van der Waals surface area contributed by atoms with E-state index >= 15 is 0 Å². The Morgan fingerprint density at radius 1 is 1.14 bits per heavy atom. The Balaban J connectivity index is 1.86. The van der Waals surface area contributed by atoms with Gasteiger partial charge < -0.3 is 10.6 Å². The first-order chi connectivity index (χ1) is 10.1. The number of rotatable bonds is 3. The van der Waals surface area contributed by atoms with Crippen LogP contribution in [0.2, 0.25) is 0 Å². The summed E-state index contributed by atoms with van der Waals surface area (Å²) in [5.74, 6) is 1.97. The van der Waals surface area contributed by atoms with Crippen LogP contribution in [0.4, 0.5) is 11.6 Å². The lowest BCUT2D eigenvalue weighted by Gasteiger charge is -2.18. The quantitative estimate of drug-likeness (QED) is 0.798. The molecule has 21 heavy (non-hydrogen) atoms. The summed E-state index contributed by atoms with van der Waals surface area (Å²) in [6.45, 7) is 2.55. The molecule has 3 aromatic rings. The van der Waals surface area contributed by atoms with E-state index in [9.17, 15) is 0 Å². The lowest BCUT2D eigenvalue weighted by Crippen LogP contribution is -2.18. The van der Waals surface area contributed by atoms with Gasteiger partial charge in [-0.2, -0.15) is 0 Å². The number of hydrogen-bond donors (Lipinski definition) is 1. The molecule has 0 saturated heterocycles. The van der Waals surface area contributed by atoms with Crippen LogP contribution in [0.5, 0.6) is 0 Å². The molecule has 0 atom stereocenters. The maximum Gasteiger partial charge on any atom is 0.134 e. The van der Waals surface area contributed by atoms with E-state index in [4.69, 9.17) is 5.73 Å². The average Bonchev–Trinajstić information content (AvgIpc) is 2.46. The van der Waals surface area contributed by atoms with Gasteiger partial charge in [0, 0.05) is 31.2 Å². The van der Waals surface area contributed by atoms with Crippen molar-refractivity contribution in [3.63, 3.8) is 0 Å². The van der Waals surface area contributed by atoms with Crippen molar-refractivity contribution in [2.45, 2.75) is 13.5 Å². The van der Waals surface area contributed by atoms with Gasteiger partial charge in [0.15, 0.2) is 0 Å². The van der Waals surface area contributed by atoms with Gasteiger partial charge in [-0.05, 0) is 24.6 Å². The highest BCUT2D eigenvalue weighted by Crippen LogP contribution is 2.17. The smallest absolute Gasteiger partial charge is 0.134 e. The third kappa shape index (κ3) is 2.91. The summed E-state index contributed by atoms with van der Waals surface area (Å²) in [5, 5.41) is 1.14. The second-order valence-electron chi connectivity index (χ2n) is 5.09. The van der Waals surface area contributed by atoms with E-state index in [2.05, 4.69) is 27.1 Å². The van der Waals surface area contributed by atoms with Crippen molar-refractivity contribution in [2.75, 3.05) is 17.7 Å². The van der Waals surface area contributed by atoms with E-state index in [1.807, 2.05) is 43.3 Å². The van der Waals surface area contributed by atoms with E-state index in [0.717, 1.165) is 22.3 Å². The largest absolute Gasteiger partial charge is 0.384 e. The molecule has 0 saturated carbocycles. The molecule has 3 rings (SSSR count). The van der Waals surface area contributed by atoms with Crippen LogP contribution in [0.25, 0.3) is 10.9 Å². The standard InChI is InChI=1S/C16H17N5/c1-11-19-15(17)8-16(20-11)21(2)10-12-7-13-5-3-4-6-14(13)18-9-12/h3-9H,10H2,1-2H3,(H2,17,19,20). The van der Waals surface area contributed by atoms with Gasteiger partial charge in [0.05, 0.1) is 5.52 Å². The van der Waals surface area contributed by atoms with Gasteiger partial charge in [-0.15, -0.1) is 0 Å². The second kappa shape index (κ2) is 5.36. The van der Waals surface area contributed by atoms with Gasteiger partial charge in [-0.3, -0.25) is 4.98 Å². The number of fused-ring (bicyclic) bond motifs is 1. The molecule has 5 heteroatoms. The van der Waals surface area contributed by atoms with Crippen LogP contribution < -0.4 is 10.6 Å². The topological polar surface area (TPSA) is 67.9 Å². The monoisotopic (exact) mass is 279 g/mol. The Morgan fingerprint density at radius 2 is 1.95 bits per heavy atom. The van der Waals surface area contributed by atoms with Crippen LogP contribution in [0.1, 0.15) is 11.4 Å². The minimum atomic E-state index is 0.487. The lowest BCUT2D eigenvalue weighted by atomic mass is 10.1. The molecule has 0 bridgehead atoms. The summed E-state index contributed by atoms with van der Waals surface area (Å²) in [6.07, 6.45) is 1.90. The molecule has 2 N–H and O–H groups in total. The third-order valence-electron chi connectivity index (χ3n) is 3.30. The number of para-hydroxylation sites is 1. The summed E-state index contributed by atoms with van der Waals surface area (Å²) >= 11 is 0. The normalized spacial score (nSPS) is 10.8. The average molecular weight is 279 g/mol. The van der Waals surface area contributed by atoms with Gasteiger partial charge in [-0.1, -0.05) is 18.2 Å². The Bertz CT molecular complexity index is 764. The zero-order valence-corrected chi connectivity index (χ0v) is 12.1. The van der Waals surface area contributed by atoms with Crippen molar-refractivity contribution in [2.24, 2.45) is 0 Å². The summed E-state index contributed by atoms with van der Waals surface area (Å²) < 4.78 is 0. The molecule has 2 aromatic heterocycles. The molecule has 0 aliphatic rings. The zero-order valence-electron chi connectivity index (χ0n) is 12.1. The van der Waals surface area contributed by atoms with Gasteiger partial charge >= 0.3 is 0 Å². The number of anilines is 2. The third-order valence-corrected chi connectivity index (χ3v) is 3.30. The maximum absolute atomic E-state index is 5.77. The van der Waals surface area contributed by atoms with E-state index in [0.29, 0.717) is 18.2 Å². The first-order valence-electron chi connectivity index (χ1n) is 6.78. The Morgan fingerprint density at radius 3 is 2.76 bits per heavy atom. The number of hydrogen-bond acceptors (Lipinski definition) is 5. The highest BCUT2D eigenvalue weighted by Gasteiger charge is 2.07. The zero-order chi connectivity index (χ0) is 14.8. The Kier molecular flexibility index (Phi) is 3.39. The molecule has 0 aliphatic carbocycles.